The van der Waals surface area contributed by atoms with E-state index in [1.807, 2.05) is 0 Å². The lowest BCUT2D eigenvalue weighted by Crippen LogP contribution is -2.36. The molecular weight excluding hydrogens is 266 g/mol. The Balaban J connectivity index is 2.17. The van der Waals surface area contributed by atoms with E-state index >= 15 is 0 Å². The van der Waals surface area contributed by atoms with Gasteiger partial charge in [-0.05, 0) is 12.1 Å². The van der Waals surface area contributed by atoms with Gasteiger partial charge in [-0.15, -0.1) is 0 Å². The standard InChI is InChI=1S/C13H17NO6/c1-19-13(18)7-4-2-3-5-8(7)14-12-11(17)10(16)9(6-15)20-12/h2-5,9-12,14-17H,6H2,1H3/t9-,10+,11-,12-/m0/s1. The van der Waals surface area contributed by atoms with Crippen molar-refractivity contribution in [1.29, 1.82) is 0 Å². The molecule has 7 nitrogen and oxygen atoms in total. The molecule has 1 aromatic rings. The Morgan fingerprint density at radius 3 is 2.65 bits per heavy atom. The number of nitrogens with one attached hydrogen (secondary N) is 1. The van der Waals surface area contributed by atoms with Crippen LogP contribution in [0.25, 0.3) is 0 Å². The smallest absolute Gasteiger partial charge is 0.339 e. The first-order chi connectivity index (χ1) is 9.58. The van der Waals surface area contributed by atoms with Gasteiger partial charge < -0.3 is 30.1 Å². The Kier molecular flexibility index (Phi) is 4.56. The number of rotatable bonds is 4. The third-order valence-corrected chi connectivity index (χ3v) is 3.17. The minimum Gasteiger partial charge on any atom is -0.465 e. The van der Waals surface area contributed by atoms with Gasteiger partial charge in [-0.1, -0.05) is 12.1 Å². The summed E-state index contributed by atoms with van der Waals surface area (Å²) >= 11 is 0. The third kappa shape index (κ3) is 2.75. The van der Waals surface area contributed by atoms with Crippen LogP contribution in [-0.4, -0.2) is 59.5 Å². The Morgan fingerprint density at radius 1 is 1.35 bits per heavy atom. The van der Waals surface area contributed by atoms with Crippen LogP contribution in [0, 0.1) is 0 Å². The predicted octanol–water partition coefficient (Wildman–Crippen LogP) is -0.676. The summed E-state index contributed by atoms with van der Waals surface area (Å²) in [6.07, 6.45) is -4.19. The monoisotopic (exact) mass is 283 g/mol. The van der Waals surface area contributed by atoms with Gasteiger partial charge in [-0.25, -0.2) is 4.79 Å². The molecule has 0 spiro atoms. The number of carbonyl (C=O) groups excluding carboxylic acids is 1. The highest BCUT2D eigenvalue weighted by Gasteiger charge is 2.42. The first-order valence-electron chi connectivity index (χ1n) is 6.14. The molecule has 0 aromatic heterocycles. The Hall–Kier alpha value is -1.67. The second-order valence-electron chi connectivity index (χ2n) is 4.44. The van der Waals surface area contributed by atoms with Gasteiger partial charge in [-0.2, -0.15) is 0 Å². The molecule has 110 valence electrons. The normalized spacial score (nSPS) is 29.2. The van der Waals surface area contributed by atoms with Crippen LogP contribution in [-0.2, 0) is 9.47 Å². The molecule has 0 aliphatic carbocycles. The number of methoxy groups -OCH3 is 1. The maximum atomic E-state index is 11.6. The minimum absolute atomic E-state index is 0.285. The summed E-state index contributed by atoms with van der Waals surface area (Å²) in [5.74, 6) is -0.528. The molecular formula is C13H17NO6. The van der Waals surface area contributed by atoms with Crippen molar-refractivity contribution in [3.63, 3.8) is 0 Å². The maximum absolute atomic E-state index is 11.6. The van der Waals surface area contributed by atoms with Crippen LogP contribution < -0.4 is 5.32 Å². The fourth-order valence-electron chi connectivity index (χ4n) is 2.07. The molecule has 4 atom stereocenters. The number of carbonyl (C=O) groups is 1. The number of aliphatic hydroxyl groups excluding tert-OH is 3. The van der Waals surface area contributed by atoms with E-state index in [0.717, 1.165) is 0 Å². The first-order valence-corrected chi connectivity index (χ1v) is 6.14. The molecule has 1 aliphatic rings. The van der Waals surface area contributed by atoms with Gasteiger partial charge in [0.05, 0.1) is 25.0 Å². The summed E-state index contributed by atoms with van der Waals surface area (Å²) in [6.45, 7) is -0.408. The molecule has 20 heavy (non-hydrogen) atoms. The average Bonchev–Trinajstić information content (AvgIpc) is 2.75. The SMILES string of the molecule is COC(=O)c1ccccc1N[C@H]1O[C@@H](CO)[C@@H](O)[C@@H]1O. The van der Waals surface area contributed by atoms with Crippen LogP contribution >= 0.6 is 0 Å². The zero-order valence-electron chi connectivity index (χ0n) is 10.9. The number of para-hydroxylation sites is 1. The van der Waals surface area contributed by atoms with Crippen molar-refractivity contribution in [3.05, 3.63) is 29.8 Å². The largest absolute Gasteiger partial charge is 0.465 e. The van der Waals surface area contributed by atoms with Gasteiger partial charge >= 0.3 is 5.97 Å². The van der Waals surface area contributed by atoms with E-state index in [9.17, 15) is 15.0 Å². The van der Waals surface area contributed by atoms with E-state index in [0.29, 0.717) is 5.69 Å². The molecule has 0 radical (unpaired) electrons. The summed E-state index contributed by atoms with van der Waals surface area (Å²) in [5.41, 5.74) is 0.696. The van der Waals surface area contributed by atoms with Crippen LogP contribution in [0.1, 0.15) is 10.4 Å². The molecule has 1 fully saturated rings. The fourth-order valence-corrected chi connectivity index (χ4v) is 2.07. The molecule has 1 aliphatic heterocycles. The molecule has 0 amide bonds. The number of aliphatic hydroxyl groups is 3. The quantitative estimate of drug-likeness (QED) is 0.542. The van der Waals surface area contributed by atoms with Crippen LogP contribution in [0.5, 0.6) is 0 Å². The lowest BCUT2D eigenvalue weighted by Gasteiger charge is -2.19. The third-order valence-electron chi connectivity index (χ3n) is 3.17. The Labute approximate surface area is 115 Å². The second kappa shape index (κ2) is 6.19. The maximum Gasteiger partial charge on any atom is 0.339 e. The van der Waals surface area contributed by atoms with Crippen molar-refractivity contribution in [3.8, 4) is 0 Å². The highest BCUT2D eigenvalue weighted by Crippen LogP contribution is 2.25. The van der Waals surface area contributed by atoms with Gasteiger partial charge in [-0.3, -0.25) is 0 Å². The van der Waals surface area contributed by atoms with Crippen LogP contribution in [0.15, 0.2) is 24.3 Å². The van der Waals surface area contributed by atoms with Gasteiger partial charge in [0.1, 0.15) is 18.3 Å². The topological polar surface area (TPSA) is 108 Å². The Bertz CT molecular complexity index is 480. The van der Waals surface area contributed by atoms with E-state index in [1.165, 1.54) is 7.11 Å². The van der Waals surface area contributed by atoms with E-state index in [1.54, 1.807) is 24.3 Å². The predicted molar refractivity (Wildman–Crippen MR) is 69.2 cm³/mol. The number of esters is 1. The van der Waals surface area contributed by atoms with Crippen molar-refractivity contribution in [1.82, 2.24) is 0 Å². The zero-order valence-corrected chi connectivity index (χ0v) is 10.9. The summed E-state index contributed by atoms with van der Waals surface area (Å²) in [4.78, 5) is 11.6. The molecule has 1 heterocycles. The van der Waals surface area contributed by atoms with Crippen molar-refractivity contribution in [2.75, 3.05) is 19.0 Å². The van der Waals surface area contributed by atoms with E-state index < -0.39 is 37.1 Å². The second-order valence-corrected chi connectivity index (χ2v) is 4.44. The van der Waals surface area contributed by atoms with Gasteiger partial charge in [0.25, 0.3) is 0 Å². The molecule has 0 saturated carbocycles. The number of benzene rings is 1. The highest BCUT2D eigenvalue weighted by molar-refractivity contribution is 5.95. The zero-order chi connectivity index (χ0) is 14.7. The summed E-state index contributed by atoms with van der Waals surface area (Å²) in [5, 5.41) is 31.4. The van der Waals surface area contributed by atoms with E-state index in [4.69, 9.17) is 9.84 Å². The van der Waals surface area contributed by atoms with Crippen LogP contribution in [0.4, 0.5) is 5.69 Å². The Morgan fingerprint density at radius 2 is 2.05 bits per heavy atom. The molecule has 4 N–H and O–H groups in total. The van der Waals surface area contributed by atoms with Crippen molar-refractivity contribution in [2.45, 2.75) is 24.5 Å². The lowest BCUT2D eigenvalue weighted by atomic mass is 10.1. The molecule has 0 bridgehead atoms. The molecule has 2 rings (SSSR count). The van der Waals surface area contributed by atoms with Crippen molar-refractivity contribution >= 4 is 11.7 Å². The lowest BCUT2D eigenvalue weighted by molar-refractivity contribution is -0.0153. The molecule has 0 unspecified atom stereocenters. The fraction of sp³-hybridized carbons (Fsp3) is 0.462. The first kappa shape index (κ1) is 14.7. The van der Waals surface area contributed by atoms with Crippen molar-refractivity contribution < 1.29 is 29.6 Å². The average molecular weight is 283 g/mol. The van der Waals surface area contributed by atoms with Crippen molar-refractivity contribution in [2.24, 2.45) is 0 Å². The van der Waals surface area contributed by atoms with E-state index in [2.05, 4.69) is 10.1 Å². The van der Waals surface area contributed by atoms with Gasteiger partial charge in [0.2, 0.25) is 0 Å². The number of anilines is 1. The van der Waals surface area contributed by atoms with E-state index in [-0.39, 0.29) is 5.56 Å². The number of hydrogen-bond donors (Lipinski definition) is 4. The summed E-state index contributed by atoms with van der Waals surface area (Å²) < 4.78 is 9.95. The summed E-state index contributed by atoms with van der Waals surface area (Å²) in [7, 11) is 1.27. The van der Waals surface area contributed by atoms with Gasteiger partial charge in [0.15, 0.2) is 6.23 Å². The number of hydrogen-bond acceptors (Lipinski definition) is 7. The highest BCUT2D eigenvalue weighted by atomic mass is 16.6. The molecule has 1 saturated heterocycles. The number of ether oxygens (including phenoxy) is 2. The van der Waals surface area contributed by atoms with Crippen LogP contribution in [0.3, 0.4) is 0 Å². The summed E-state index contributed by atoms with van der Waals surface area (Å²) in [6, 6.07) is 6.57. The molecule has 1 aromatic carbocycles. The minimum atomic E-state index is -1.21. The van der Waals surface area contributed by atoms with Gasteiger partial charge in [0, 0.05) is 0 Å². The molecule has 7 heteroatoms. The van der Waals surface area contributed by atoms with Crippen LogP contribution in [0.2, 0.25) is 0 Å².